The molecule has 1 saturated heterocycles. The first kappa shape index (κ1) is 15.4. The van der Waals surface area contributed by atoms with Gasteiger partial charge in [-0.1, -0.05) is 18.2 Å². The van der Waals surface area contributed by atoms with Crippen molar-refractivity contribution in [1.82, 2.24) is 9.88 Å². The number of aromatic nitrogens is 1. The van der Waals surface area contributed by atoms with E-state index in [1.807, 2.05) is 36.1 Å². The Labute approximate surface area is 145 Å². The van der Waals surface area contributed by atoms with E-state index in [-0.39, 0.29) is 12.0 Å². The number of para-hydroxylation sites is 1. The van der Waals surface area contributed by atoms with E-state index in [4.69, 9.17) is 4.74 Å². The molecule has 1 aromatic heterocycles. The third-order valence-corrected chi connectivity index (χ3v) is 5.63. The minimum atomic E-state index is -0.365. The van der Waals surface area contributed by atoms with Crippen LogP contribution in [0.4, 0.5) is 5.13 Å². The lowest BCUT2D eigenvalue weighted by molar-refractivity contribution is -0.137. The van der Waals surface area contributed by atoms with Gasteiger partial charge in [-0.3, -0.25) is 4.79 Å². The first-order valence-electron chi connectivity index (χ1n) is 8.41. The van der Waals surface area contributed by atoms with E-state index in [0.717, 1.165) is 54.7 Å². The maximum atomic E-state index is 12.8. The van der Waals surface area contributed by atoms with Gasteiger partial charge in [0, 0.05) is 38.0 Å². The molecule has 2 aliphatic rings. The number of amides is 1. The van der Waals surface area contributed by atoms with Crippen LogP contribution in [0.2, 0.25) is 0 Å². The largest absolute Gasteiger partial charge is 0.480 e. The van der Waals surface area contributed by atoms with E-state index in [1.165, 1.54) is 0 Å². The number of thiazole rings is 1. The molecule has 3 heterocycles. The van der Waals surface area contributed by atoms with Crippen LogP contribution >= 0.6 is 11.3 Å². The number of fused-ring (bicyclic) bond motifs is 1. The number of carbonyl (C=O) groups is 1. The Bertz CT molecular complexity index is 720. The summed E-state index contributed by atoms with van der Waals surface area (Å²) in [5.41, 5.74) is 2.19. The minimum absolute atomic E-state index is 0.114. The zero-order valence-corrected chi connectivity index (χ0v) is 14.6. The Morgan fingerprint density at radius 2 is 2.12 bits per heavy atom. The lowest BCUT2D eigenvalue weighted by atomic mass is 10.1. The van der Waals surface area contributed by atoms with Gasteiger partial charge in [-0.05, 0) is 25.0 Å². The fourth-order valence-corrected chi connectivity index (χ4v) is 4.20. The molecule has 24 heavy (non-hydrogen) atoms. The van der Waals surface area contributed by atoms with Crippen LogP contribution in [0.25, 0.3) is 0 Å². The highest BCUT2D eigenvalue weighted by Gasteiger charge is 2.33. The third-order valence-electron chi connectivity index (χ3n) is 4.61. The number of rotatable bonds is 2. The fourth-order valence-electron chi connectivity index (χ4n) is 3.34. The van der Waals surface area contributed by atoms with Gasteiger partial charge in [-0.2, -0.15) is 0 Å². The summed E-state index contributed by atoms with van der Waals surface area (Å²) in [5, 5.41) is 3.14. The standard InChI is InChI=1S/C18H21N3O2S/c1-13-12-24-18(19-13)21-8-4-7-20(9-10-21)17(22)16-11-14-5-2-3-6-15(14)23-16/h2-3,5-6,12,16H,4,7-11H2,1H3/t16-/m1/s1. The van der Waals surface area contributed by atoms with Gasteiger partial charge >= 0.3 is 0 Å². The molecule has 0 spiro atoms. The molecule has 0 N–H and O–H groups in total. The number of aryl methyl sites for hydroxylation is 1. The quantitative estimate of drug-likeness (QED) is 0.840. The van der Waals surface area contributed by atoms with Gasteiger partial charge in [0.2, 0.25) is 0 Å². The van der Waals surface area contributed by atoms with Crippen molar-refractivity contribution in [2.75, 3.05) is 31.1 Å². The van der Waals surface area contributed by atoms with Crippen LogP contribution in [0.5, 0.6) is 5.75 Å². The Morgan fingerprint density at radius 3 is 2.92 bits per heavy atom. The highest BCUT2D eigenvalue weighted by molar-refractivity contribution is 7.13. The Hall–Kier alpha value is -2.08. The van der Waals surface area contributed by atoms with E-state index in [0.29, 0.717) is 6.42 Å². The molecule has 0 unspecified atom stereocenters. The van der Waals surface area contributed by atoms with Crippen molar-refractivity contribution in [1.29, 1.82) is 0 Å². The molecule has 1 aromatic carbocycles. The van der Waals surface area contributed by atoms with Crippen molar-refractivity contribution in [2.45, 2.75) is 25.9 Å². The summed E-state index contributed by atoms with van der Waals surface area (Å²) in [6.45, 7) is 5.31. The SMILES string of the molecule is Cc1csc(N2CCCN(C(=O)[C@H]3Cc4ccccc4O3)CC2)n1. The van der Waals surface area contributed by atoms with Crippen LogP contribution in [-0.4, -0.2) is 48.1 Å². The second-order valence-corrected chi connectivity index (χ2v) is 7.19. The van der Waals surface area contributed by atoms with Gasteiger partial charge < -0.3 is 14.5 Å². The van der Waals surface area contributed by atoms with E-state index < -0.39 is 0 Å². The topological polar surface area (TPSA) is 45.7 Å². The van der Waals surface area contributed by atoms with E-state index in [9.17, 15) is 4.79 Å². The molecule has 1 atom stereocenters. The predicted octanol–water partition coefficient (Wildman–Crippen LogP) is 2.49. The lowest BCUT2D eigenvalue weighted by Crippen LogP contribution is -2.43. The first-order chi connectivity index (χ1) is 11.7. The second kappa shape index (κ2) is 6.43. The summed E-state index contributed by atoms with van der Waals surface area (Å²) in [6.07, 6.45) is 1.28. The summed E-state index contributed by atoms with van der Waals surface area (Å²) in [4.78, 5) is 21.6. The molecule has 126 valence electrons. The maximum absolute atomic E-state index is 12.8. The van der Waals surface area contributed by atoms with Gasteiger partial charge in [0.15, 0.2) is 11.2 Å². The zero-order valence-electron chi connectivity index (χ0n) is 13.8. The van der Waals surface area contributed by atoms with Crippen molar-refractivity contribution < 1.29 is 9.53 Å². The van der Waals surface area contributed by atoms with Gasteiger partial charge in [-0.25, -0.2) is 4.98 Å². The molecule has 1 fully saturated rings. The average molecular weight is 343 g/mol. The number of ether oxygens (including phenoxy) is 1. The van der Waals surface area contributed by atoms with Crippen molar-refractivity contribution in [3.05, 3.63) is 40.9 Å². The molecule has 1 amide bonds. The highest BCUT2D eigenvalue weighted by Crippen LogP contribution is 2.29. The van der Waals surface area contributed by atoms with Crippen molar-refractivity contribution in [2.24, 2.45) is 0 Å². The zero-order chi connectivity index (χ0) is 16.5. The summed E-state index contributed by atoms with van der Waals surface area (Å²) < 4.78 is 5.86. The predicted molar refractivity (Wildman–Crippen MR) is 94.8 cm³/mol. The summed E-state index contributed by atoms with van der Waals surface area (Å²) in [6, 6.07) is 7.93. The highest BCUT2D eigenvalue weighted by atomic mass is 32.1. The van der Waals surface area contributed by atoms with Crippen LogP contribution in [0.15, 0.2) is 29.6 Å². The fraction of sp³-hybridized carbons (Fsp3) is 0.444. The van der Waals surface area contributed by atoms with Gasteiger partial charge in [0.05, 0.1) is 5.69 Å². The first-order valence-corrected chi connectivity index (χ1v) is 9.29. The molecular weight excluding hydrogens is 322 g/mol. The smallest absolute Gasteiger partial charge is 0.264 e. The Balaban J connectivity index is 1.40. The minimum Gasteiger partial charge on any atom is -0.480 e. The summed E-state index contributed by atoms with van der Waals surface area (Å²) in [7, 11) is 0. The molecule has 4 rings (SSSR count). The van der Waals surface area contributed by atoms with Crippen molar-refractivity contribution in [3.63, 3.8) is 0 Å². The maximum Gasteiger partial charge on any atom is 0.264 e. The van der Waals surface area contributed by atoms with E-state index in [1.54, 1.807) is 11.3 Å². The molecule has 0 bridgehead atoms. The number of benzene rings is 1. The molecule has 0 radical (unpaired) electrons. The molecule has 0 saturated carbocycles. The third kappa shape index (κ3) is 2.98. The molecule has 0 aliphatic carbocycles. The van der Waals surface area contributed by atoms with Crippen LogP contribution in [0.3, 0.4) is 0 Å². The Morgan fingerprint density at radius 1 is 1.25 bits per heavy atom. The van der Waals surface area contributed by atoms with Crippen LogP contribution < -0.4 is 9.64 Å². The average Bonchev–Trinajstić information content (AvgIpc) is 3.13. The normalized spacial score (nSPS) is 20.5. The lowest BCUT2D eigenvalue weighted by Gasteiger charge is -2.24. The number of carbonyl (C=O) groups excluding carboxylic acids is 1. The summed E-state index contributed by atoms with van der Waals surface area (Å²) in [5.74, 6) is 0.967. The van der Waals surface area contributed by atoms with Crippen molar-refractivity contribution in [3.8, 4) is 5.75 Å². The number of anilines is 1. The monoisotopic (exact) mass is 343 g/mol. The Kier molecular flexibility index (Phi) is 4.14. The van der Waals surface area contributed by atoms with E-state index >= 15 is 0 Å². The van der Waals surface area contributed by atoms with Crippen LogP contribution in [0, 0.1) is 6.92 Å². The van der Waals surface area contributed by atoms with Gasteiger partial charge in [-0.15, -0.1) is 11.3 Å². The molecule has 5 nitrogen and oxygen atoms in total. The van der Waals surface area contributed by atoms with E-state index in [2.05, 4.69) is 15.3 Å². The van der Waals surface area contributed by atoms with Crippen LogP contribution in [0.1, 0.15) is 17.7 Å². The molecular formula is C18H21N3O2S. The summed E-state index contributed by atoms with van der Waals surface area (Å²) >= 11 is 1.68. The molecule has 6 heteroatoms. The molecule has 2 aliphatic heterocycles. The van der Waals surface area contributed by atoms with Gasteiger partial charge in [0.25, 0.3) is 5.91 Å². The van der Waals surface area contributed by atoms with Gasteiger partial charge in [0.1, 0.15) is 5.75 Å². The number of nitrogens with zero attached hydrogens (tertiary/aromatic N) is 3. The van der Waals surface area contributed by atoms with Crippen LogP contribution in [-0.2, 0) is 11.2 Å². The second-order valence-electron chi connectivity index (χ2n) is 6.36. The number of hydrogen-bond donors (Lipinski definition) is 0. The molecule has 2 aromatic rings. The number of hydrogen-bond acceptors (Lipinski definition) is 5. The van der Waals surface area contributed by atoms with Crippen molar-refractivity contribution >= 4 is 22.4 Å².